The SMILES string of the molecule is CC(=O)O.CC(=O)O.CC(=O)O.CC(=O)O.CC(C)[C@H](NC(N)CN)C(=O)O. The fourth-order valence-corrected chi connectivity index (χ4v) is 0.848. The summed E-state index contributed by atoms with van der Waals surface area (Å²) in [4.78, 5) is 46.6. The number of nitrogens with one attached hydrogen (secondary N) is 1. The van der Waals surface area contributed by atoms with Gasteiger partial charge in [-0.3, -0.25) is 29.3 Å². The molecular formula is C15H33N3O10. The zero-order valence-electron chi connectivity index (χ0n) is 16.9. The Kier molecular flexibility index (Phi) is 31.3. The van der Waals surface area contributed by atoms with Gasteiger partial charge < -0.3 is 37.0 Å². The van der Waals surface area contributed by atoms with Crippen LogP contribution in [0.15, 0.2) is 0 Å². The maximum atomic E-state index is 10.6. The van der Waals surface area contributed by atoms with Crippen molar-refractivity contribution in [2.24, 2.45) is 17.4 Å². The van der Waals surface area contributed by atoms with Gasteiger partial charge in [-0.05, 0) is 5.92 Å². The molecule has 0 radical (unpaired) electrons. The smallest absolute Gasteiger partial charge is 0.321 e. The van der Waals surface area contributed by atoms with Crippen LogP contribution < -0.4 is 16.8 Å². The average molecular weight is 415 g/mol. The summed E-state index contributed by atoms with van der Waals surface area (Å²) in [5, 5.41) is 41.1. The van der Waals surface area contributed by atoms with Gasteiger partial charge in [0.2, 0.25) is 0 Å². The number of hydrogen-bond acceptors (Lipinski definition) is 8. The van der Waals surface area contributed by atoms with Gasteiger partial charge in [0.25, 0.3) is 23.9 Å². The molecule has 0 saturated heterocycles. The molecule has 0 aliphatic carbocycles. The van der Waals surface area contributed by atoms with Crippen LogP contribution in [-0.2, 0) is 24.0 Å². The van der Waals surface area contributed by atoms with Gasteiger partial charge in [0, 0.05) is 34.2 Å². The molecular weight excluding hydrogens is 382 g/mol. The maximum absolute atomic E-state index is 10.6. The van der Waals surface area contributed by atoms with E-state index < -0.39 is 42.1 Å². The van der Waals surface area contributed by atoms with Crippen LogP contribution >= 0.6 is 0 Å². The first-order valence-corrected chi connectivity index (χ1v) is 7.64. The summed E-state index contributed by atoms with van der Waals surface area (Å²) >= 11 is 0. The Morgan fingerprint density at radius 1 is 0.750 bits per heavy atom. The topological polar surface area (TPSA) is 251 Å². The lowest BCUT2D eigenvalue weighted by atomic mass is 10.0. The number of rotatable bonds is 5. The number of carboxylic acids is 5. The van der Waals surface area contributed by atoms with Crippen molar-refractivity contribution in [3.8, 4) is 0 Å². The summed E-state index contributed by atoms with van der Waals surface area (Å²) in [5.74, 6) is -4.23. The average Bonchev–Trinajstić information content (AvgIpc) is 2.41. The largest absolute Gasteiger partial charge is 0.481 e. The monoisotopic (exact) mass is 415 g/mol. The first kappa shape index (κ1) is 36.2. The molecule has 0 spiro atoms. The quantitative estimate of drug-likeness (QED) is 0.259. The van der Waals surface area contributed by atoms with E-state index in [2.05, 4.69) is 5.32 Å². The molecule has 0 aromatic carbocycles. The highest BCUT2D eigenvalue weighted by Crippen LogP contribution is 2.01. The maximum Gasteiger partial charge on any atom is 0.321 e. The number of hydrogen-bond donors (Lipinski definition) is 8. The van der Waals surface area contributed by atoms with E-state index in [9.17, 15) is 4.79 Å². The lowest BCUT2D eigenvalue weighted by molar-refractivity contribution is -0.141. The first-order valence-electron chi connectivity index (χ1n) is 7.64. The predicted molar refractivity (Wildman–Crippen MR) is 99.7 cm³/mol. The van der Waals surface area contributed by atoms with E-state index in [-0.39, 0.29) is 12.5 Å². The zero-order valence-corrected chi connectivity index (χ0v) is 16.9. The second-order valence-electron chi connectivity index (χ2n) is 5.14. The van der Waals surface area contributed by atoms with Crippen LogP contribution in [-0.4, -0.2) is 74.1 Å². The Balaban J connectivity index is -0.0000000910. The van der Waals surface area contributed by atoms with Crippen molar-refractivity contribution in [2.75, 3.05) is 6.54 Å². The van der Waals surface area contributed by atoms with Gasteiger partial charge in [-0.1, -0.05) is 13.8 Å². The lowest BCUT2D eigenvalue weighted by Crippen LogP contribution is -2.53. The third-order valence-electron chi connectivity index (χ3n) is 1.58. The van der Waals surface area contributed by atoms with Crippen LogP contribution in [0.4, 0.5) is 0 Å². The molecule has 0 rings (SSSR count). The summed E-state index contributed by atoms with van der Waals surface area (Å²) in [5.41, 5.74) is 10.7. The molecule has 13 nitrogen and oxygen atoms in total. The number of aliphatic carboxylic acids is 5. The molecule has 0 amide bonds. The Morgan fingerprint density at radius 2 is 0.964 bits per heavy atom. The normalized spacial score (nSPS) is 10.5. The van der Waals surface area contributed by atoms with E-state index in [0.29, 0.717) is 0 Å². The van der Waals surface area contributed by atoms with Gasteiger partial charge in [-0.2, -0.15) is 0 Å². The van der Waals surface area contributed by atoms with Crippen molar-refractivity contribution in [3.63, 3.8) is 0 Å². The summed E-state index contributed by atoms with van der Waals surface area (Å²) < 4.78 is 0. The zero-order chi connectivity index (χ0) is 24.0. The summed E-state index contributed by atoms with van der Waals surface area (Å²) in [6, 6.07) is -0.622. The van der Waals surface area contributed by atoms with Gasteiger partial charge >= 0.3 is 5.97 Å². The second-order valence-corrected chi connectivity index (χ2v) is 5.14. The number of carbonyl (C=O) groups is 5. The molecule has 0 aliphatic heterocycles. The lowest BCUT2D eigenvalue weighted by Gasteiger charge is -2.21. The molecule has 0 saturated carbocycles. The predicted octanol–water partition coefficient (Wildman–Crippen LogP) is -0.708. The van der Waals surface area contributed by atoms with Crippen LogP contribution in [0.25, 0.3) is 0 Å². The van der Waals surface area contributed by atoms with Crippen molar-refractivity contribution in [1.82, 2.24) is 5.32 Å². The van der Waals surface area contributed by atoms with Gasteiger partial charge in [0.15, 0.2) is 0 Å². The number of carboxylic acid groups (broad SMARTS) is 5. The van der Waals surface area contributed by atoms with E-state index in [1.807, 2.05) is 13.8 Å². The molecule has 28 heavy (non-hydrogen) atoms. The highest BCUT2D eigenvalue weighted by Gasteiger charge is 2.22. The highest BCUT2D eigenvalue weighted by atomic mass is 16.4. The molecule has 0 heterocycles. The first-order chi connectivity index (χ1) is 12.4. The van der Waals surface area contributed by atoms with Crippen molar-refractivity contribution in [2.45, 2.75) is 53.8 Å². The standard InChI is InChI=1S/C7H17N3O2.4C2H4O2/c1-4(2)6(7(11)12)10-5(9)3-8;4*1-2(3)4/h4-6,10H,3,8-9H2,1-2H3,(H,11,12);4*1H3,(H,3,4)/t5?,6-;;;;/m0..../s1. The number of nitrogens with two attached hydrogens (primary N) is 2. The van der Waals surface area contributed by atoms with Gasteiger partial charge in [0.1, 0.15) is 6.04 Å². The fourth-order valence-electron chi connectivity index (χ4n) is 0.848. The second kappa shape index (κ2) is 24.2. The summed E-state index contributed by atoms with van der Waals surface area (Å²) in [7, 11) is 0. The summed E-state index contributed by atoms with van der Waals surface area (Å²) in [6.07, 6.45) is -0.450. The van der Waals surface area contributed by atoms with E-state index in [1.165, 1.54) is 0 Å². The van der Waals surface area contributed by atoms with E-state index >= 15 is 0 Å². The molecule has 0 fully saturated rings. The Bertz CT molecular complexity index is 391. The van der Waals surface area contributed by atoms with Crippen LogP contribution in [0.2, 0.25) is 0 Å². The molecule has 0 aromatic heterocycles. The minimum Gasteiger partial charge on any atom is -0.481 e. The molecule has 2 atom stereocenters. The van der Waals surface area contributed by atoms with Crippen molar-refractivity contribution >= 4 is 29.8 Å². The van der Waals surface area contributed by atoms with Crippen molar-refractivity contribution in [3.05, 3.63) is 0 Å². The molecule has 0 bridgehead atoms. The van der Waals surface area contributed by atoms with Crippen LogP contribution in [0.5, 0.6) is 0 Å². The Labute approximate surface area is 163 Å². The van der Waals surface area contributed by atoms with E-state index in [1.54, 1.807) is 0 Å². The van der Waals surface area contributed by atoms with Crippen LogP contribution in [0, 0.1) is 5.92 Å². The molecule has 0 aliphatic rings. The molecule has 10 N–H and O–H groups in total. The third-order valence-corrected chi connectivity index (χ3v) is 1.58. The van der Waals surface area contributed by atoms with Crippen molar-refractivity contribution < 1.29 is 49.5 Å². The molecule has 168 valence electrons. The fraction of sp³-hybridized carbons (Fsp3) is 0.667. The minimum atomic E-state index is -0.895. The Hall–Kier alpha value is -2.77. The summed E-state index contributed by atoms with van der Waals surface area (Å²) in [6.45, 7) is 8.19. The van der Waals surface area contributed by atoms with E-state index in [4.69, 9.17) is 56.2 Å². The van der Waals surface area contributed by atoms with Crippen LogP contribution in [0.3, 0.4) is 0 Å². The van der Waals surface area contributed by atoms with Gasteiger partial charge in [0.05, 0.1) is 6.17 Å². The van der Waals surface area contributed by atoms with Crippen LogP contribution in [0.1, 0.15) is 41.5 Å². The van der Waals surface area contributed by atoms with E-state index in [0.717, 1.165) is 27.7 Å². The van der Waals surface area contributed by atoms with Crippen molar-refractivity contribution in [1.29, 1.82) is 0 Å². The minimum absolute atomic E-state index is 0.0000926. The van der Waals surface area contributed by atoms with Gasteiger partial charge in [-0.25, -0.2) is 0 Å². The molecule has 0 aromatic rings. The molecule has 13 heteroatoms. The Morgan fingerprint density at radius 3 is 1.07 bits per heavy atom. The van der Waals surface area contributed by atoms with Gasteiger partial charge in [-0.15, -0.1) is 0 Å². The molecule has 1 unspecified atom stereocenters. The third kappa shape index (κ3) is 91.0. The highest BCUT2D eigenvalue weighted by molar-refractivity contribution is 5.73.